The van der Waals surface area contributed by atoms with Gasteiger partial charge in [-0.2, -0.15) is 0 Å². The minimum absolute atomic E-state index is 0.0879. The predicted octanol–water partition coefficient (Wildman–Crippen LogP) is 3.57. The molecule has 1 aromatic heterocycles. The number of nitrogens with zero attached hydrogens (tertiary/aromatic N) is 2. The zero-order valence-corrected chi connectivity index (χ0v) is 21.3. The number of hydrogen-bond acceptors (Lipinski definition) is 6. The van der Waals surface area contributed by atoms with E-state index in [0.717, 1.165) is 5.56 Å². The van der Waals surface area contributed by atoms with Crippen LogP contribution < -0.4 is 20.9 Å². The van der Waals surface area contributed by atoms with Crippen molar-refractivity contribution in [2.24, 2.45) is 0 Å². The molecule has 0 saturated heterocycles. The number of benzene rings is 2. The van der Waals surface area contributed by atoms with Gasteiger partial charge in [-0.3, -0.25) is 19.4 Å². The lowest BCUT2D eigenvalue weighted by atomic mass is 10.1. The second-order valence-electron chi connectivity index (χ2n) is 8.39. The first kappa shape index (κ1) is 27.9. The number of amides is 4. The second kappa shape index (κ2) is 14.1. The van der Waals surface area contributed by atoms with Gasteiger partial charge in [-0.25, -0.2) is 4.79 Å². The SMILES string of the molecule is CCOC(=O)CC(NC(=O)CC(=O)N(C)c1cccc(NC(=O)NCc2ccccc2)c1)c1cccnc1. The molecule has 0 radical (unpaired) electrons. The van der Waals surface area contributed by atoms with Crippen molar-refractivity contribution >= 4 is 35.2 Å². The third-order valence-corrected chi connectivity index (χ3v) is 5.57. The van der Waals surface area contributed by atoms with Crippen molar-refractivity contribution in [3.8, 4) is 0 Å². The van der Waals surface area contributed by atoms with E-state index in [-0.39, 0.29) is 19.1 Å². The van der Waals surface area contributed by atoms with Gasteiger partial charge in [0.1, 0.15) is 6.42 Å². The van der Waals surface area contributed by atoms with Gasteiger partial charge in [0.25, 0.3) is 0 Å². The Balaban J connectivity index is 1.57. The molecular weight excluding hydrogens is 486 g/mol. The van der Waals surface area contributed by atoms with Gasteiger partial charge < -0.3 is 25.6 Å². The maximum Gasteiger partial charge on any atom is 0.319 e. The lowest BCUT2D eigenvalue weighted by molar-refractivity contribution is -0.143. The van der Waals surface area contributed by atoms with Crippen molar-refractivity contribution in [2.75, 3.05) is 23.9 Å². The Morgan fingerprint density at radius 2 is 1.79 bits per heavy atom. The zero-order chi connectivity index (χ0) is 27.3. The summed E-state index contributed by atoms with van der Waals surface area (Å²) in [5, 5.41) is 8.25. The highest BCUT2D eigenvalue weighted by molar-refractivity contribution is 6.05. The summed E-state index contributed by atoms with van der Waals surface area (Å²) in [6.45, 7) is 2.29. The van der Waals surface area contributed by atoms with E-state index in [1.165, 1.54) is 4.90 Å². The van der Waals surface area contributed by atoms with Crippen LogP contribution in [-0.2, 0) is 25.7 Å². The summed E-state index contributed by atoms with van der Waals surface area (Å²) in [7, 11) is 1.54. The first-order valence-corrected chi connectivity index (χ1v) is 12.2. The quantitative estimate of drug-likeness (QED) is 0.263. The highest BCUT2D eigenvalue weighted by Gasteiger charge is 2.22. The van der Waals surface area contributed by atoms with Crippen LogP contribution in [0.25, 0.3) is 0 Å². The molecule has 3 rings (SSSR count). The molecule has 198 valence electrons. The van der Waals surface area contributed by atoms with Gasteiger partial charge in [0.05, 0.1) is 19.1 Å². The Bertz CT molecular complexity index is 1240. The van der Waals surface area contributed by atoms with Crippen LogP contribution in [-0.4, -0.2) is 42.5 Å². The van der Waals surface area contributed by atoms with Crippen molar-refractivity contribution in [3.05, 3.63) is 90.3 Å². The molecular formula is C28H31N5O5. The number of aromatic nitrogens is 1. The summed E-state index contributed by atoms with van der Waals surface area (Å²) in [4.78, 5) is 55.3. The largest absolute Gasteiger partial charge is 0.466 e. The number of hydrogen-bond donors (Lipinski definition) is 3. The molecule has 4 amide bonds. The summed E-state index contributed by atoms with van der Waals surface area (Å²) in [5.41, 5.74) is 2.58. The molecule has 0 bridgehead atoms. The third-order valence-electron chi connectivity index (χ3n) is 5.57. The first-order chi connectivity index (χ1) is 18.4. The standard InChI is InChI=1S/C28H31N5O5/c1-3-38-27(36)16-24(21-11-8-14-29-19-21)32-25(34)17-26(35)33(2)23-13-7-12-22(15-23)31-28(37)30-18-20-9-5-4-6-10-20/h4-15,19,24H,3,16-18H2,1-2H3,(H,32,34)(H2,30,31,37). The number of carbonyl (C=O) groups excluding carboxylic acids is 4. The average Bonchev–Trinajstić information content (AvgIpc) is 2.92. The summed E-state index contributed by atoms with van der Waals surface area (Å²) in [6.07, 6.45) is 2.61. The number of ether oxygens (including phenoxy) is 1. The molecule has 0 spiro atoms. The van der Waals surface area contributed by atoms with Gasteiger partial charge >= 0.3 is 12.0 Å². The van der Waals surface area contributed by atoms with Crippen molar-refractivity contribution in [3.63, 3.8) is 0 Å². The molecule has 10 nitrogen and oxygen atoms in total. The molecule has 3 N–H and O–H groups in total. The molecule has 0 aliphatic heterocycles. The smallest absolute Gasteiger partial charge is 0.319 e. The van der Waals surface area contributed by atoms with Gasteiger partial charge in [0.2, 0.25) is 11.8 Å². The van der Waals surface area contributed by atoms with Gasteiger partial charge in [-0.15, -0.1) is 0 Å². The molecule has 0 aliphatic rings. The number of urea groups is 1. The predicted molar refractivity (Wildman–Crippen MR) is 143 cm³/mol. The van der Waals surface area contributed by atoms with E-state index < -0.39 is 30.2 Å². The molecule has 3 aromatic rings. The van der Waals surface area contributed by atoms with Crippen molar-refractivity contribution in [2.45, 2.75) is 32.4 Å². The van der Waals surface area contributed by atoms with Gasteiger partial charge in [-0.05, 0) is 42.3 Å². The van der Waals surface area contributed by atoms with E-state index in [2.05, 4.69) is 20.9 Å². The van der Waals surface area contributed by atoms with E-state index in [1.54, 1.807) is 62.8 Å². The molecule has 1 heterocycles. The lowest BCUT2D eigenvalue weighted by Crippen LogP contribution is -2.36. The number of nitrogens with one attached hydrogen (secondary N) is 3. The maximum absolute atomic E-state index is 12.9. The monoisotopic (exact) mass is 517 g/mol. The molecule has 0 saturated carbocycles. The number of rotatable bonds is 11. The van der Waals surface area contributed by atoms with E-state index in [9.17, 15) is 19.2 Å². The van der Waals surface area contributed by atoms with Crippen LogP contribution in [0.3, 0.4) is 0 Å². The maximum atomic E-state index is 12.9. The lowest BCUT2D eigenvalue weighted by Gasteiger charge is -2.21. The fourth-order valence-corrected chi connectivity index (χ4v) is 3.61. The Labute approximate surface area is 221 Å². The Morgan fingerprint density at radius 1 is 1.00 bits per heavy atom. The highest BCUT2D eigenvalue weighted by Crippen LogP contribution is 2.20. The highest BCUT2D eigenvalue weighted by atomic mass is 16.5. The first-order valence-electron chi connectivity index (χ1n) is 12.2. The molecule has 0 aliphatic carbocycles. The van der Waals surface area contributed by atoms with Crippen LogP contribution in [0.5, 0.6) is 0 Å². The van der Waals surface area contributed by atoms with Crippen LogP contribution in [0.15, 0.2) is 79.1 Å². The Hall–Kier alpha value is -4.73. The molecule has 0 fully saturated rings. The second-order valence-corrected chi connectivity index (χ2v) is 8.39. The fourth-order valence-electron chi connectivity index (χ4n) is 3.61. The molecule has 1 atom stereocenters. The number of pyridine rings is 1. The van der Waals surface area contributed by atoms with Crippen LogP contribution in [0.4, 0.5) is 16.2 Å². The van der Waals surface area contributed by atoms with Crippen LogP contribution in [0, 0.1) is 0 Å². The van der Waals surface area contributed by atoms with Gasteiger partial charge in [-0.1, -0.05) is 42.5 Å². The van der Waals surface area contributed by atoms with Crippen molar-refractivity contribution < 1.29 is 23.9 Å². The Morgan fingerprint density at radius 3 is 2.50 bits per heavy atom. The van der Waals surface area contributed by atoms with E-state index in [1.807, 2.05) is 30.3 Å². The molecule has 1 unspecified atom stereocenters. The summed E-state index contributed by atoms with van der Waals surface area (Å²) >= 11 is 0. The van der Waals surface area contributed by atoms with E-state index in [4.69, 9.17) is 4.74 Å². The van der Waals surface area contributed by atoms with Crippen LogP contribution >= 0.6 is 0 Å². The topological polar surface area (TPSA) is 130 Å². The van der Waals surface area contributed by atoms with Crippen molar-refractivity contribution in [1.82, 2.24) is 15.6 Å². The fraction of sp³-hybridized carbons (Fsp3) is 0.250. The van der Waals surface area contributed by atoms with Gasteiger partial charge in [0, 0.05) is 37.4 Å². The summed E-state index contributed by atoms with van der Waals surface area (Å²) in [6, 6.07) is 18.6. The van der Waals surface area contributed by atoms with Gasteiger partial charge in [0.15, 0.2) is 0 Å². The number of carbonyl (C=O) groups is 4. The normalized spacial score (nSPS) is 11.1. The van der Waals surface area contributed by atoms with Crippen LogP contribution in [0.2, 0.25) is 0 Å². The third kappa shape index (κ3) is 8.74. The van der Waals surface area contributed by atoms with E-state index in [0.29, 0.717) is 23.5 Å². The number of esters is 1. The summed E-state index contributed by atoms with van der Waals surface area (Å²) < 4.78 is 5.01. The minimum Gasteiger partial charge on any atom is -0.466 e. The summed E-state index contributed by atoms with van der Waals surface area (Å²) in [5.74, 6) is -1.48. The molecule has 2 aromatic carbocycles. The molecule has 38 heavy (non-hydrogen) atoms. The Kier molecular flexibility index (Phi) is 10.3. The van der Waals surface area contributed by atoms with Crippen LogP contribution in [0.1, 0.15) is 36.9 Å². The van der Waals surface area contributed by atoms with Crippen molar-refractivity contribution in [1.29, 1.82) is 0 Å². The minimum atomic E-state index is -0.685. The zero-order valence-electron chi connectivity index (χ0n) is 21.3. The van der Waals surface area contributed by atoms with E-state index >= 15 is 0 Å². The molecule has 10 heteroatoms. The average molecular weight is 518 g/mol. The number of anilines is 2.